The molecule has 0 radical (unpaired) electrons. The Morgan fingerprint density at radius 1 is 1.41 bits per heavy atom. The zero-order chi connectivity index (χ0) is 12.5. The molecule has 90 valence electrons. The SMILES string of the molecule is N#Cc1ccc(S(=O)(=O)NC2CCC2)cc1Cl. The quantitative estimate of drug-likeness (QED) is 0.914. The lowest BCUT2D eigenvalue weighted by Gasteiger charge is -2.26. The van der Waals surface area contributed by atoms with Crippen molar-refractivity contribution in [1.29, 1.82) is 5.26 Å². The number of hydrogen-bond donors (Lipinski definition) is 1. The molecule has 2 rings (SSSR count). The molecule has 6 heteroatoms. The fraction of sp³-hybridized carbons (Fsp3) is 0.364. The average molecular weight is 271 g/mol. The van der Waals surface area contributed by atoms with Gasteiger partial charge in [0.1, 0.15) is 6.07 Å². The molecule has 17 heavy (non-hydrogen) atoms. The monoisotopic (exact) mass is 270 g/mol. The lowest BCUT2D eigenvalue weighted by atomic mass is 9.94. The second-order valence-corrected chi connectivity index (χ2v) is 6.12. The Morgan fingerprint density at radius 3 is 2.59 bits per heavy atom. The van der Waals surface area contributed by atoms with E-state index in [0.29, 0.717) is 0 Å². The molecule has 1 fully saturated rings. The van der Waals surface area contributed by atoms with Crippen molar-refractivity contribution in [2.75, 3.05) is 0 Å². The Labute approximate surface area is 105 Å². The summed E-state index contributed by atoms with van der Waals surface area (Å²) in [6, 6.07) is 6.04. The van der Waals surface area contributed by atoms with Gasteiger partial charge in [-0.15, -0.1) is 0 Å². The third kappa shape index (κ3) is 2.60. The molecule has 4 nitrogen and oxygen atoms in total. The van der Waals surface area contributed by atoms with E-state index >= 15 is 0 Å². The highest BCUT2D eigenvalue weighted by Crippen LogP contribution is 2.23. The molecule has 1 saturated carbocycles. The summed E-state index contributed by atoms with van der Waals surface area (Å²) in [5.41, 5.74) is 0.272. The fourth-order valence-corrected chi connectivity index (χ4v) is 3.19. The van der Waals surface area contributed by atoms with Gasteiger partial charge in [0.25, 0.3) is 0 Å². The average Bonchev–Trinajstić information content (AvgIpc) is 2.23. The molecule has 0 aliphatic heterocycles. The van der Waals surface area contributed by atoms with E-state index in [-0.39, 0.29) is 21.5 Å². The third-order valence-electron chi connectivity index (χ3n) is 2.80. The first-order chi connectivity index (χ1) is 8.03. The van der Waals surface area contributed by atoms with Crippen LogP contribution in [0.2, 0.25) is 5.02 Å². The predicted octanol–water partition coefficient (Wildman–Crippen LogP) is 2.04. The minimum absolute atomic E-state index is 0.0365. The number of sulfonamides is 1. The molecule has 0 aromatic heterocycles. The molecule has 1 N–H and O–H groups in total. The van der Waals surface area contributed by atoms with Crippen molar-refractivity contribution in [2.24, 2.45) is 0 Å². The molecule has 0 unspecified atom stereocenters. The zero-order valence-electron chi connectivity index (χ0n) is 8.98. The number of benzene rings is 1. The topological polar surface area (TPSA) is 70.0 Å². The first-order valence-electron chi connectivity index (χ1n) is 5.25. The lowest BCUT2D eigenvalue weighted by Crippen LogP contribution is -2.39. The Kier molecular flexibility index (Phi) is 3.38. The Bertz CT molecular complexity index is 574. The van der Waals surface area contributed by atoms with Gasteiger partial charge in [-0.25, -0.2) is 13.1 Å². The molecule has 1 aliphatic carbocycles. The van der Waals surface area contributed by atoms with E-state index in [1.165, 1.54) is 18.2 Å². The minimum Gasteiger partial charge on any atom is -0.208 e. The molecule has 0 saturated heterocycles. The summed E-state index contributed by atoms with van der Waals surface area (Å²) in [6.45, 7) is 0. The van der Waals surface area contributed by atoms with E-state index in [9.17, 15) is 8.42 Å². The van der Waals surface area contributed by atoms with Crippen molar-refractivity contribution in [2.45, 2.75) is 30.2 Å². The molecule has 0 bridgehead atoms. The molecular weight excluding hydrogens is 260 g/mol. The van der Waals surface area contributed by atoms with Crippen LogP contribution in [0.25, 0.3) is 0 Å². The second kappa shape index (κ2) is 4.65. The van der Waals surface area contributed by atoms with E-state index < -0.39 is 10.0 Å². The molecule has 1 aromatic carbocycles. The normalized spacial score (nSPS) is 16.2. The first-order valence-corrected chi connectivity index (χ1v) is 7.11. The summed E-state index contributed by atoms with van der Waals surface area (Å²) in [6.07, 6.45) is 2.81. The van der Waals surface area contributed by atoms with Crippen LogP contribution in [-0.4, -0.2) is 14.5 Å². The molecule has 0 spiro atoms. The van der Waals surface area contributed by atoms with Crippen molar-refractivity contribution in [3.05, 3.63) is 28.8 Å². The molecule has 0 amide bonds. The van der Waals surface area contributed by atoms with Gasteiger partial charge in [0.05, 0.1) is 15.5 Å². The molecule has 1 aromatic rings. The van der Waals surface area contributed by atoms with Crippen LogP contribution >= 0.6 is 11.6 Å². The van der Waals surface area contributed by atoms with E-state index in [0.717, 1.165) is 19.3 Å². The maximum Gasteiger partial charge on any atom is 0.240 e. The first kappa shape index (κ1) is 12.4. The van der Waals surface area contributed by atoms with Gasteiger partial charge >= 0.3 is 0 Å². The van der Waals surface area contributed by atoms with Crippen LogP contribution in [0.4, 0.5) is 0 Å². The fourth-order valence-electron chi connectivity index (χ4n) is 1.57. The van der Waals surface area contributed by atoms with Crippen LogP contribution in [-0.2, 0) is 10.0 Å². The predicted molar refractivity (Wildman–Crippen MR) is 64.1 cm³/mol. The number of nitrogens with one attached hydrogen (secondary N) is 1. The molecule has 0 heterocycles. The summed E-state index contributed by atoms with van der Waals surface area (Å²) >= 11 is 5.81. The highest BCUT2D eigenvalue weighted by Gasteiger charge is 2.24. The van der Waals surface area contributed by atoms with Crippen LogP contribution in [0.15, 0.2) is 23.1 Å². The summed E-state index contributed by atoms with van der Waals surface area (Å²) < 4.78 is 26.5. The smallest absolute Gasteiger partial charge is 0.208 e. The Balaban J connectivity index is 2.27. The molecule has 1 aliphatic rings. The van der Waals surface area contributed by atoms with Gasteiger partial charge in [-0.3, -0.25) is 0 Å². The standard InChI is InChI=1S/C11H11ClN2O2S/c12-11-6-10(5-4-8(11)7-13)17(15,16)14-9-2-1-3-9/h4-6,9,14H,1-3H2. The summed E-state index contributed by atoms with van der Waals surface area (Å²) in [4.78, 5) is 0.105. The molecule has 0 atom stereocenters. The van der Waals surface area contributed by atoms with Crippen molar-refractivity contribution in [3.8, 4) is 6.07 Å². The van der Waals surface area contributed by atoms with Crippen LogP contribution in [0.5, 0.6) is 0 Å². The van der Waals surface area contributed by atoms with Crippen LogP contribution in [0, 0.1) is 11.3 Å². The number of nitrogens with zero attached hydrogens (tertiary/aromatic N) is 1. The second-order valence-electron chi connectivity index (χ2n) is 4.00. The molecular formula is C11H11ClN2O2S. The van der Waals surface area contributed by atoms with Gasteiger partial charge in [0.2, 0.25) is 10.0 Å². The van der Waals surface area contributed by atoms with Gasteiger partial charge < -0.3 is 0 Å². The highest BCUT2D eigenvalue weighted by atomic mass is 35.5. The lowest BCUT2D eigenvalue weighted by molar-refractivity contribution is 0.383. The van der Waals surface area contributed by atoms with E-state index in [4.69, 9.17) is 16.9 Å². The van der Waals surface area contributed by atoms with Crippen LogP contribution < -0.4 is 4.72 Å². The van der Waals surface area contributed by atoms with E-state index in [2.05, 4.69) is 4.72 Å². The minimum atomic E-state index is -3.51. The van der Waals surface area contributed by atoms with Gasteiger partial charge in [-0.2, -0.15) is 5.26 Å². The van der Waals surface area contributed by atoms with Gasteiger partial charge in [0, 0.05) is 6.04 Å². The summed E-state index contributed by atoms with van der Waals surface area (Å²) in [5, 5.41) is 8.86. The maximum atomic E-state index is 11.9. The van der Waals surface area contributed by atoms with Crippen LogP contribution in [0.3, 0.4) is 0 Å². The van der Waals surface area contributed by atoms with Crippen molar-refractivity contribution < 1.29 is 8.42 Å². The largest absolute Gasteiger partial charge is 0.240 e. The Hall–Kier alpha value is -1.09. The number of nitriles is 1. The summed E-state index contributed by atoms with van der Waals surface area (Å²) in [5.74, 6) is 0. The Morgan fingerprint density at radius 2 is 2.12 bits per heavy atom. The summed E-state index contributed by atoms with van der Waals surface area (Å²) in [7, 11) is -3.51. The van der Waals surface area contributed by atoms with Gasteiger partial charge in [0.15, 0.2) is 0 Å². The van der Waals surface area contributed by atoms with Crippen molar-refractivity contribution in [1.82, 2.24) is 4.72 Å². The van der Waals surface area contributed by atoms with Gasteiger partial charge in [-0.05, 0) is 31.0 Å². The van der Waals surface area contributed by atoms with Crippen molar-refractivity contribution in [3.63, 3.8) is 0 Å². The van der Waals surface area contributed by atoms with Crippen LogP contribution in [0.1, 0.15) is 24.8 Å². The van der Waals surface area contributed by atoms with E-state index in [1.54, 1.807) is 0 Å². The number of rotatable bonds is 3. The van der Waals surface area contributed by atoms with E-state index in [1.807, 2.05) is 6.07 Å². The highest BCUT2D eigenvalue weighted by molar-refractivity contribution is 7.89. The number of hydrogen-bond acceptors (Lipinski definition) is 3. The zero-order valence-corrected chi connectivity index (χ0v) is 10.6. The number of halogens is 1. The van der Waals surface area contributed by atoms with Crippen molar-refractivity contribution >= 4 is 21.6 Å². The third-order valence-corrected chi connectivity index (χ3v) is 4.63. The maximum absolute atomic E-state index is 11.9. The van der Waals surface area contributed by atoms with Gasteiger partial charge in [-0.1, -0.05) is 18.0 Å².